The average Bonchev–Trinajstić information content (AvgIpc) is 2.79. The summed E-state index contributed by atoms with van der Waals surface area (Å²) in [6, 6.07) is 0. The summed E-state index contributed by atoms with van der Waals surface area (Å²) < 4.78 is 0. The highest BCUT2D eigenvalue weighted by atomic mass is 16.3. The number of nitrogens with zero attached hydrogens (tertiary/aromatic N) is 1. The van der Waals surface area contributed by atoms with Gasteiger partial charge in [0.25, 0.3) is 0 Å². The number of rotatable bonds is 3. The predicted molar refractivity (Wildman–Crippen MR) is 62.9 cm³/mol. The highest BCUT2D eigenvalue weighted by Crippen LogP contribution is 2.23. The third-order valence-corrected chi connectivity index (χ3v) is 3.66. The molecule has 3 heteroatoms. The van der Waals surface area contributed by atoms with Crippen LogP contribution in [0.3, 0.4) is 0 Å². The van der Waals surface area contributed by atoms with Crippen molar-refractivity contribution in [2.24, 2.45) is 5.92 Å². The Kier molecular flexibility index (Phi) is 3.99. The Morgan fingerprint density at radius 3 is 3.00 bits per heavy atom. The normalized spacial score (nSPS) is 25.7. The van der Waals surface area contributed by atoms with Crippen molar-refractivity contribution in [3.8, 4) is 0 Å². The molecule has 90 valence electrons. The fourth-order valence-corrected chi connectivity index (χ4v) is 2.58. The van der Waals surface area contributed by atoms with Gasteiger partial charge in [-0.3, -0.25) is 4.79 Å². The lowest BCUT2D eigenvalue weighted by Gasteiger charge is -2.18. The average molecular weight is 223 g/mol. The number of carbonyl (C=O) groups is 1. The lowest BCUT2D eigenvalue weighted by atomic mass is 9.97. The molecule has 3 nitrogen and oxygen atoms in total. The van der Waals surface area contributed by atoms with Crippen LogP contribution in [0.4, 0.5) is 0 Å². The fraction of sp³-hybridized carbons (Fsp3) is 0.769. The minimum atomic E-state index is 0.215. The molecule has 0 spiro atoms. The molecule has 0 aromatic carbocycles. The van der Waals surface area contributed by atoms with Gasteiger partial charge < -0.3 is 10.0 Å². The first-order chi connectivity index (χ1) is 7.79. The molecule has 1 unspecified atom stereocenters. The van der Waals surface area contributed by atoms with Crippen molar-refractivity contribution in [2.75, 3.05) is 19.7 Å². The van der Waals surface area contributed by atoms with E-state index in [1.165, 1.54) is 18.4 Å². The summed E-state index contributed by atoms with van der Waals surface area (Å²) in [6.45, 7) is 1.80. The van der Waals surface area contributed by atoms with Gasteiger partial charge in [-0.2, -0.15) is 0 Å². The third kappa shape index (κ3) is 2.85. The standard InChI is InChI=1S/C13H21NO2/c15-10-12-6-7-14(9-12)13(16)8-11-4-2-1-3-5-11/h4,12,15H,1-3,5-10H2. The van der Waals surface area contributed by atoms with Crippen molar-refractivity contribution in [1.82, 2.24) is 4.90 Å². The van der Waals surface area contributed by atoms with Gasteiger partial charge in [-0.15, -0.1) is 0 Å². The molecule has 1 aliphatic carbocycles. The molecule has 0 radical (unpaired) electrons. The summed E-state index contributed by atoms with van der Waals surface area (Å²) in [5, 5.41) is 9.04. The molecule has 0 saturated carbocycles. The lowest BCUT2D eigenvalue weighted by molar-refractivity contribution is -0.129. The summed E-state index contributed by atoms with van der Waals surface area (Å²) >= 11 is 0. The maximum atomic E-state index is 12.0. The molecule has 1 atom stereocenters. The van der Waals surface area contributed by atoms with Crippen LogP contribution in [0.25, 0.3) is 0 Å². The summed E-state index contributed by atoms with van der Waals surface area (Å²) in [7, 11) is 0. The van der Waals surface area contributed by atoms with Gasteiger partial charge in [0.2, 0.25) is 5.91 Å². The largest absolute Gasteiger partial charge is 0.396 e. The van der Waals surface area contributed by atoms with Crippen LogP contribution in [0.5, 0.6) is 0 Å². The van der Waals surface area contributed by atoms with Crippen LogP contribution in [0.15, 0.2) is 11.6 Å². The van der Waals surface area contributed by atoms with E-state index in [0.29, 0.717) is 12.3 Å². The van der Waals surface area contributed by atoms with Crippen molar-refractivity contribution < 1.29 is 9.90 Å². The van der Waals surface area contributed by atoms with Gasteiger partial charge in [-0.1, -0.05) is 11.6 Å². The molecule has 2 aliphatic rings. The molecule has 1 aliphatic heterocycles. The first-order valence-corrected chi connectivity index (χ1v) is 6.36. The van der Waals surface area contributed by atoms with E-state index in [4.69, 9.17) is 5.11 Å². The zero-order valence-corrected chi connectivity index (χ0v) is 9.82. The maximum absolute atomic E-state index is 12.0. The highest BCUT2D eigenvalue weighted by Gasteiger charge is 2.25. The Morgan fingerprint density at radius 1 is 1.50 bits per heavy atom. The van der Waals surface area contributed by atoms with Gasteiger partial charge in [0.1, 0.15) is 0 Å². The second kappa shape index (κ2) is 5.48. The summed E-state index contributed by atoms with van der Waals surface area (Å²) in [5.74, 6) is 0.563. The number of aliphatic hydroxyl groups excluding tert-OH is 1. The number of allylic oxidation sites excluding steroid dienone is 1. The molecule has 1 fully saturated rings. The Labute approximate surface area is 97.1 Å². The van der Waals surface area contributed by atoms with E-state index in [1.807, 2.05) is 4.90 Å². The Bertz CT molecular complexity index is 286. The molecule has 2 rings (SSSR count). The Hall–Kier alpha value is -0.830. The smallest absolute Gasteiger partial charge is 0.226 e. The van der Waals surface area contributed by atoms with E-state index in [-0.39, 0.29) is 12.5 Å². The number of aliphatic hydroxyl groups is 1. The third-order valence-electron chi connectivity index (χ3n) is 3.66. The van der Waals surface area contributed by atoms with Crippen LogP contribution in [0, 0.1) is 5.92 Å². The summed E-state index contributed by atoms with van der Waals surface area (Å²) in [4.78, 5) is 13.9. The summed E-state index contributed by atoms with van der Waals surface area (Å²) in [6.07, 6.45) is 8.55. The Balaban J connectivity index is 1.82. The number of hydrogen-bond acceptors (Lipinski definition) is 2. The SMILES string of the molecule is O=C(CC1=CCCCC1)N1CCC(CO)C1. The first-order valence-electron chi connectivity index (χ1n) is 6.36. The van der Waals surface area contributed by atoms with Gasteiger partial charge in [0.05, 0.1) is 0 Å². The van der Waals surface area contributed by atoms with E-state index in [2.05, 4.69) is 6.08 Å². The molecule has 0 bridgehead atoms. The van der Waals surface area contributed by atoms with Gasteiger partial charge in [-0.25, -0.2) is 0 Å². The van der Waals surface area contributed by atoms with Crippen molar-refractivity contribution in [2.45, 2.75) is 38.5 Å². The van der Waals surface area contributed by atoms with E-state index in [9.17, 15) is 4.79 Å². The minimum Gasteiger partial charge on any atom is -0.396 e. The van der Waals surface area contributed by atoms with Crippen molar-refractivity contribution in [3.63, 3.8) is 0 Å². The maximum Gasteiger partial charge on any atom is 0.226 e. The highest BCUT2D eigenvalue weighted by molar-refractivity contribution is 5.79. The summed E-state index contributed by atoms with van der Waals surface area (Å²) in [5.41, 5.74) is 1.32. The monoisotopic (exact) mass is 223 g/mol. The zero-order valence-electron chi connectivity index (χ0n) is 9.82. The molecule has 1 heterocycles. The predicted octanol–water partition coefficient (Wildman–Crippen LogP) is 1.72. The molecule has 1 amide bonds. The van der Waals surface area contributed by atoms with Gasteiger partial charge in [0.15, 0.2) is 0 Å². The fourth-order valence-electron chi connectivity index (χ4n) is 2.58. The number of carbonyl (C=O) groups excluding carboxylic acids is 1. The molecule has 16 heavy (non-hydrogen) atoms. The topological polar surface area (TPSA) is 40.5 Å². The van der Waals surface area contributed by atoms with Crippen LogP contribution < -0.4 is 0 Å². The number of likely N-dealkylation sites (tertiary alicyclic amines) is 1. The van der Waals surface area contributed by atoms with Gasteiger partial charge in [0, 0.05) is 32.0 Å². The van der Waals surface area contributed by atoms with Crippen LogP contribution in [0.1, 0.15) is 38.5 Å². The molecule has 0 aromatic heterocycles. The number of amides is 1. The van der Waals surface area contributed by atoms with Crippen LogP contribution in [-0.2, 0) is 4.79 Å². The quantitative estimate of drug-likeness (QED) is 0.740. The van der Waals surface area contributed by atoms with Gasteiger partial charge in [-0.05, 0) is 32.1 Å². The Morgan fingerprint density at radius 2 is 2.38 bits per heavy atom. The van der Waals surface area contributed by atoms with Crippen LogP contribution >= 0.6 is 0 Å². The van der Waals surface area contributed by atoms with E-state index in [0.717, 1.165) is 32.4 Å². The van der Waals surface area contributed by atoms with E-state index < -0.39 is 0 Å². The minimum absolute atomic E-state index is 0.215. The molecular formula is C13H21NO2. The lowest BCUT2D eigenvalue weighted by Crippen LogP contribution is -2.29. The van der Waals surface area contributed by atoms with Crippen molar-refractivity contribution >= 4 is 5.91 Å². The molecular weight excluding hydrogens is 202 g/mol. The van der Waals surface area contributed by atoms with E-state index >= 15 is 0 Å². The van der Waals surface area contributed by atoms with Crippen molar-refractivity contribution in [1.29, 1.82) is 0 Å². The zero-order chi connectivity index (χ0) is 11.4. The molecule has 1 N–H and O–H groups in total. The van der Waals surface area contributed by atoms with Crippen molar-refractivity contribution in [3.05, 3.63) is 11.6 Å². The first kappa shape index (κ1) is 11.6. The van der Waals surface area contributed by atoms with Crippen LogP contribution in [0.2, 0.25) is 0 Å². The second-order valence-corrected chi connectivity index (χ2v) is 4.96. The molecule has 1 saturated heterocycles. The van der Waals surface area contributed by atoms with E-state index in [1.54, 1.807) is 0 Å². The second-order valence-electron chi connectivity index (χ2n) is 4.96. The number of hydrogen-bond donors (Lipinski definition) is 1. The molecule has 0 aromatic rings. The van der Waals surface area contributed by atoms with Crippen LogP contribution in [-0.4, -0.2) is 35.6 Å². The van der Waals surface area contributed by atoms with Gasteiger partial charge >= 0.3 is 0 Å².